The smallest absolute Gasteiger partial charge is 0.274 e. The fraction of sp³-hybridized carbons (Fsp3) is 0.421. The number of likely N-dealkylation sites (tertiary alicyclic amines) is 1. The molecule has 1 aromatic carbocycles. The number of thiazole rings is 1. The number of aromatic nitrogens is 1. The molecule has 0 radical (unpaired) electrons. The number of carbonyl (C=O) groups is 2. The topological polar surface area (TPSA) is 76.3 Å². The molecule has 4 rings (SSSR count). The number of halogens is 1. The average Bonchev–Trinajstić information content (AvgIpc) is 3.02. The van der Waals surface area contributed by atoms with Gasteiger partial charge in [-0.25, -0.2) is 9.37 Å². The Bertz CT molecular complexity index is 941. The van der Waals surface area contributed by atoms with Crippen molar-refractivity contribution in [3.05, 3.63) is 40.3 Å². The summed E-state index contributed by atoms with van der Waals surface area (Å²) < 4.78 is 14.0. The Morgan fingerprint density at radius 3 is 2.73 bits per heavy atom. The third-order valence-corrected chi connectivity index (χ3v) is 6.68. The van der Waals surface area contributed by atoms with Gasteiger partial charge in [-0.2, -0.15) is 0 Å². The number of amides is 2. The van der Waals surface area contributed by atoms with E-state index in [2.05, 4.69) is 4.98 Å². The fourth-order valence-electron chi connectivity index (χ4n) is 4.24. The minimum atomic E-state index is -0.574. The van der Waals surface area contributed by atoms with Crippen molar-refractivity contribution in [2.24, 2.45) is 11.1 Å². The molecule has 2 aromatic rings. The molecule has 0 spiro atoms. The van der Waals surface area contributed by atoms with Crippen molar-refractivity contribution in [2.45, 2.75) is 45.7 Å². The van der Waals surface area contributed by atoms with Gasteiger partial charge in [-0.3, -0.25) is 9.59 Å². The zero-order valence-electron chi connectivity index (χ0n) is 14.9. The predicted octanol–water partition coefficient (Wildman–Crippen LogP) is 3.04. The third-order valence-electron chi connectivity index (χ3n) is 5.68. The molecule has 136 valence electrons. The number of hydrogen-bond acceptors (Lipinski definition) is 4. The number of nitrogens with two attached hydrogens (primary N) is 1. The monoisotopic (exact) mass is 373 g/mol. The average molecular weight is 373 g/mol. The second kappa shape index (κ2) is 5.61. The summed E-state index contributed by atoms with van der Waals surface area (Å²) in [5.74, 6) is -0.845. The Balaban J connectivity index is 1.75. The number of aryl methyl sites for hydroxylation is 1. The van der Waals surface area contributed by atoms with Crippen LogP contribution in [-0.2, 0) is 4.79 Å². The van der Waals surface area contributed by atoms with Gasteiger partial charge in [0.05, 0.1) is 15.3 Å². The van der Waals surface area contributed by atoms with Crippen LogP contribution >= 0.6 is 11.3 Å². The first-order chi connectivity index (χ1) is 12.3. The molecule has 2 N–H and O–H groups in total. The van der Waals surface area contributed by atoms with E-state index in [-0.39, 0.29) is 29.7 Å². The van der Waals surface area contributed by atoms with Crippen LogP contribution in [0, 0.1) is 25.1 Å². The van der Waals surface area contributed by atoms with E-state index in [4.69, 9.17) is 5.73 Å². The third kappa shape index (κ3) is 2.30. The molecule has 1 aromatic heterocycles. The standard InChI is InChI=1S/C19H20FN3O2S/c1-9-7-19(18(21)25)8-14(19)23(9)17(24)15-16(26-11(3)22-15)12-5-4-6-13(20)10(12)2/h4-6,9,14H,7-8H2,1-3H3,(H2,21,25)/t9-,14-,19+/m0/s1. The quantitative estimate of drug-likeness (QED) is 0.898. The van der Waals surface area contributed by atoms with Gasteiger partial charge in [0, 0.05) is 12.1 Å². The van der Waals surface area contributed by atoms with Crippen molar-refractivity contribution in [1.82, 2.24) is 9.88 Å². The highest BCUT2D eigenvalue weighted by Gasteiger charge is 2.68. The zero-order valence-corrected chi connectivity index (χ0v) is 15.7. The first-order valence-electron chi connectivity index (χ1n) is 8.62. The Morgan fingerprint density at radius 2 is 2.08 bits per heavy atom. The van der Waals surface area contributed by atoms with Gasteiger partial charge < -0.3 is 10.6 Å². The number of rotatable bonds is 3. The summed E-state index contributed by atoms with van der Waals surface area (Å²) in [7, 11) is 0. The van der Waals surface area contributed by atoms with Crippen molar-refractivity contribution >= 4 is 23.2 Å². The second-order valence-electron chi connectivity index (χ2n) is 7.33. The number of primary amides is 1. The molecule has 7 heteroatoms. The minimum Gasteiger partial charge on any atom is -0.369 e. The summed E-state index contributed by atoms with van der Waals surface area (Å²) in [4.78, 5) is 32.0. The summed E-state index contributed by atoms with van der Waals surface area (Å²) >= 11 is 1.38. The number of benzene rings is 1. The van der Waals surface area contributed by atoms with Gasteiger partial charge in [-0.15, -0.1) is 11.3 Å². The fourth-order valence-corrected chi connectivity index (χ4v) is 5.23. The molecule has 5 nitrogen and oxygen atoms in total. The van der Waals surface area contributed by atoms with Crippen LogP contribution in [0.5, 0.6) is 0 Å². The molecule has 0 bridgehead atoms. The Kier molecular flexibility index (Phi) is 3.70. The van der Waals surface area contributed by atoms with Gasteiger partial charge in [0.25, 0.3) is 5.91 Å². The van der Waals surface area contributed by atoms with Gasteiger partial charge in [-0.1, -0.05) is 12.1 Å². The van der Waals surface area contributed by atoms with Gasteiger partial charge in [-0.05, 0) is 50.8 Å². The molecule has 2 heterocycles. The molecular weight excluding hydrogens is 353 g/mol. The lowest BCUT2D eigenvalue weighted by molar-refractivity contribution is -0.123. The van der Waals surface area contributed by atoms with Crippen LogP contribution in [0.2, 0.25) is 0 Å². The van der Waals surface area contributed by atoms with E-state index < -0.39 is 5.41 Å². The highest BCUT2D eigenvalue weighted by molar-refractivity contribution is 7.15. The summed E-state index contributed by atoms with van der Waals surface area (Å²) in [6.45, 7) is 5.46. The summed E-state index contributed by atoms with van der Waals surface area (Å²) in [6.07, 6.45) is 1.21. The summed E-state index contributed by atoms with van der Waals surface area (Å²) in [5, 5.41) is 0.746. The lowest BCUT2D eigenvalue weighted by atomic mass is 10.00. The van der Waals surface area contributed by atoms with Crippen molar-refractivity contribution in [1.29, 1.82) is 0 Å². The van der Waals surface area contributed by atoms with Crippen molar-refractivity contribution in [3.8, 4) is 10.4 Å². The van der Waals surface area contributed by atoms with Crippen molar-refractivity contribution < 1.29 is 14.0 Å². The molecule has 26 heavy (non-hydrogen) atoms. The van der Waals surface area contributed by atoms with E-state index in [1.165, 1.54) is 17.4 Å². The van der Waals surface area contributed by atoms with Crippen LogP contribution in [0.4, 0.5) is 4.39 Å². The van der Waals surface area contributed by atoms with Crippen LogP contribution in [0.3, 0.4) is 0 Å². The maximum absolute atomic E-state index is 14.0. The molecule has 1 aliphatic heterocycles. The Hall–Kier alpha value is -2.28. The lowest BCUT2D eigenvalue weighted by Crippen LogP contribution is -2.37. The Morgan fingerprint density at radius 1 is 1.35 bits per heavy atom. The van der Waals surface area contributed by atoms with E-state index in [0.717, 1.165) is 5.01 Å². The molecule has 2 fully saturated rings. The maximum Gasteiger partial charge on any atom is 0.274 e. The van der Waals surface area contributed by atoms with Crippen LogP contribution in [0.15, 0.2) is 18.2 Å². The highest BCUT2D eigenvalue weighted by Crippen LogP contribution is 2.59. The van der Waals surface area contributed by atoms with E-state index in [0.29, 0.717) is 34.5 Å². The largest absolute Gasteiger partial charge is 0.369 e. The van der Waals surface area contributed by atoms with Crippen molar-refractivity contribution in [2.75, 3.05) is 0 Å². The normalized spacial score (nSPS) is 26.7. The van der Waals surface area contributed by atoms with Crippen LogP contribution < -0.4 is 5.73 Å². The molecule has 1 aliphatic carbocycles. The number of nitrogens with zero attached hydrogens (tertiary/aromatic N) is 2. The molecule has 2 aliphatic rings. The number of hydrogen-bond donors (Lipinski definition) is 1. The molecular formula is C19H20FN3O2S. The van der Waals surface area contributed by atoms with Gasteiger partial charge >= 0.3 is 0 Å². The first kappa shape index (κ1) is 17.1. The van der Waals surface area contributed by atoms with Crippen molar-refractivity contribution in [3.63, 3.8) is 0 Å². The molecule has 3 atom stereocenters. The van der Waals surface area contributed by atoms with Gasteiger partial charge in [0.2, 0.25) is 5.91 Å². The molecule has 1 saturated heterocycles. The molecule has 1 saturated carbocycles. The SMILES string of the molecule is Cc1nc(C(=O)N2[C@H]3C[C@]3(C(N)=O)C[C@@H]2C)c(-c2cccc(F)c2C)s1. The van der Waals surface area contributed by atoms with E-state index >= 15 is 0 Å². The maximum atomic E-state index is 14.0. The van der Waals surface area contributed by atoms with Crippen LogP contribution in [0.25, 0.3) is 10.4 Å². The Labute approximate surface area is 155 Å². The predicted molar refractivity (Wildman–Crippen MR) is 97.3 cm³/mol. The number of piperidine rings is 1. The zero-order chi connectivity index (χ0) is 18.8. The molecule has 2 amide bonds. The minimum absolute atomic E-state index is 0.0720. The van der Waals surface area contributed by atoms with E-state index in [1.807, 2.05) is 13.8 Å². The number of fused-ring (bicyclic) bond motifs is 1. The van der Waals surface area contributed by atoms with Gasteiger partial charge in [0.1, 0.15) is 11.5 Å². The van der Waals surface area contributed by atoms with Crippen LogP contribution in [0.1, 0.15) is 40.8 Å². The number of carbonyl (C=O) groups excluding carboxylic acids is 2. The highest BCUT2D eigenvalue weighted by atomic mass is 32.1. The van der Waals surface area contributed by atoms with Crippen LogP contribution in [-0.4, -0.2) is 33.8 Å². The summed E-state index contributed by atoms with van der Waals surface area (Å²) in [5.41, 5.74) is 6.51. The summed E-state index contributed by atoms with van der Waals surface area (Å²) in [6, 6.07) is 4.63. The lowest BCUT2D eigenvalue weighted by Gasteiger charge is -2.24. The molecule has 0 unspecified atom stereocenters. The first-order valence-corrected chi connectivity index (χ1v) is 9.43. The second-order valence-corrected chi connectivity index (χ2v) is 8.53. The van der Waals surface area contributed by atoms with E-state index in [1.54, 1.807) is 24.0 Å². The van der Waals surface area contributed by atoms with Gasteiger partial charge in [0.15, 0.2) is 0 Å². The van der Waals surface area contributed by atoms with E-state index in [9.17, 15) is 14.0 Å².